The number of carbonyl (C=O) groups excluding carboxylic acids is 1. The number of hydrogen-bond donors (Lipinski definition) is 1. The van der Waals surface area contributed by atoms with Crippen LogP contribution in [0.25, 0.3) is 0 Å². The van der Waals surface area contributed by atoms with E-state index in [-0.39, 0.29) is 5.91 Å². The number of methoxy groups -OCH3 is 1. The molecule has 1 amide bonds. The largest absolute Gasteiger partial charge is 0.383 e. The summed E-state index contributed by atoms with van der Waals surface area (Å²) in [6.45, 7) is 6.92. The summed E-state index contributed by atoms with van der Waals surface area (Å²) >= 11 is 0. The minimum absolute atomic E-state index is 0.124. The zero-order valence-electron chi connectivity index (χ0n) is 16.8. The number of hydrogen-bond acceptors (Lipinski definition) is 5. The first-order valence-corrected chi connectivity index (χ1v) is 9.98. The zero-order chi connectivity index (χ0) is 19.8. The highest BCUT2D eigenvalue weighted by Crippen LogP contribution is 2.21. The van der Waals surface area contributed by atoms with E-state index in [2.05, 4.69) is 34.4 Å². The van der Waals surface area contributed by atoms with Crippen molar-refractivity contribution < 1.29 is 14.3 Å². The van der Waals surface area contributed by atoms with Gasteiger partial charge in [0.1, 0.15) is 0 Å². The first kappa shape index (κ1) is 20.4. The molecule has 1 N–H and O–H groups in total. The highest BCUT2D eigenvalue weighted by atomic mass is 16.5. The number of rotatable bonds is 10. The fraction of sp³-hybridized carbons (Fsp3) is 0.524. The minimum atomic E-state index is -0.124. The lowest BCUT2D eigenvalue weighted by atomic mass is 10.1. The molecule has 2 aromatic rings. The summed E-state index contributed by atoms with van der Waals surface area (Å²) in [5, 5.41) is 7.56. The molecule has 3 rings (SSSR count). The third-order valence-electron chi connectivity index (χ3n) is 5.01. The lowest BCUT2D eigenvalue weighted by Gasteiger charge is -2.23. The van der Waals surface area contributed by atoms with E-state index in [0.717, 1.165) is 37.2 Å². The number of ether oxygens (including phenoxy) is 2. The van der Waals surface area contributed by atoms with Gasteiger partial charge in [-0.05, 0) is 25.5 Å². The van der Waals surface area contributed by atoms with Crippen molar-refractivity contribution in [2.45, 2.75) is 32.9 Å². The molecule has 1 aliphatic rings. The van der Waals surface area contributed by atoms with Gasteiger partial charge in [0, 0.05) is 50.1 Å². The van der Waals surface area contributed by atoms with Gasteiger partial charge in [0.2, 0.25) is 0 Å². The molecule has 0 radical (unpaired) electrons. The average molecular weight is 386 g/mol. The number of aromatic nitrogens is 2. The average Bonchev–Trinajstić information content (AvgIpc) is 3.11. The van der Waals surface area contributed by atoms with Crippen LogP contribution >= 0.6 is 0 Å². The SMILES string of the molecule is CCN(CCCNC(=O)c1nn(CCOC)c2c1COCC2)c1ccccc1. The monoisotopic (exact) mass is 386 g/mol. The number of benzene rings is 1. The number of nitrogens with one attached hydrogen (secondary N) is 1. The molecule has 0 saturated heterocycles. The maximum atomic E-state index is 12.7. The van der Waals surface area contributed by atoms with Crippen LogP contribution in [0.4, 0.5) is 5.69 Å². The Morgan fingerprint density at radius 2 is 2.18 bits per heavy atom. The highest BCUT2D eigenvalue weighted by Gasteiger charge is 2.25. The lowest BCUT2D eigenvalue weighted by Crippen LogP contribution is -2.30. The Morgan fingerprint density at radius 3 is 2.93 bits per heavy atom. The van der Waals surface area contributed by atoms with Gasteiger partial charge in [0.25, 0.3) is 5.91 Å². The molecule has 0 spiro atoms. The molecule has 0 saturated carbocycles. The summed E-state index contributed by atoms with van der Waals surface area (Å²) < 4.78 is 12.6. The van der Waals surface area contributed by atoms with Crippen LogP contribution in [0.1, 0.15) is 35.1 Å². The molecule has 1 aromatic heterocycles. The van der Waals surface area contributed by atoms with Crippen molar-refractivity contribution in [1.82, 2.24) is 15.1 Å². The quantitative estimate of drug-likeness (QED) is 0.635. The van der Waals surface area contributed by atoms with Crippen LogP contribution in [0, 0.1) is 0 Å². The summed E-state index contributed by atoms with van der Waals surface area (Å²) in [5.41, 5.74) is 3.70. The van der Waals surface area contributed by atoms with Gasteiger partial charge in [-0.3, -0.25) is 9.48 Å². The van der Waals surface area contributed by atoms with Crippen molar-refractivity contribution in [3.63, 3.8) is 0 Å². The van der Waals surface area contributed by atoms with Crippen molar-refractivity contribution >= 4 is 11.6 Å². The molecule has 7 heteroatoms. The third-order valence-corrected chi connectivity index (χ3v) is 5.01. The number of amides is 1. The molecular formula is C21H30N4O3. The van der Waals surface area contributed by atoms with Crippen LogP contribution in [0.15, 0.2) is 30.3 Å². The van der Waals surface area contributed by atoms with E-state index in [4.69, 9.17) is 9.47 Å². The smallest absolute Gasteiger partial charge is 0.272 e. The van der Waals surface area contributed by atoms with Crippen LogP contribution in [-0.4, -0.2) is 55.6 Å². The van der Waals surface area contributed by atoms with Gasteiger partial charge < -0.3 is 19.7 Å². The predicted octanol–water partition coefficient (Wildman–Crippen LogP) is 2.25. The first-order valence-electron chi connectivity index (χ1n) is 9.98. The molecule has 28 heavy (non-hydrogen) atoms. The second-order valence-electron chi connectivity index (χ2n) is 6.82. The molecule has 7 nitrogen and oxygen atoms in total. The van der Waals surface area contributed by atoms with Gasteiger partial charge in [-0.15, -0.1) is 0 Å². The van der Waals surface area contributed by atoms with Gasteiger partial charge in [-0.25, -0.2) is 0 Å². The number of fused-ring (bicyclic) bond motifs is 1. The van der Waals surface area contributed by atoms with Gasteiger partial charge in [0.05, 0.1) is 26.4 Å². The molecule has 1 aliphatic heterocycles. The van der Waals surface area contributed by atoms with Crippen molar-refractivity contribution in [2.24, 2.45) is 0 Å². The topological polar surface area (TPSA) is 68.6 Å². The van der Waals surface area contributed by atoms with Gasteiger partial charge in [-0.2, -0.15) is 5.10 Å². The van der Waals surface area contributed by atoms with E-state index in [0.29, 0.717) is 38.6 Å². The van der Waals surface area contributed by atoms with Crippen LogP contribution < -0.4 is 10.2 Å². The fourth-order valence-corrected chi connectivity index (χ4v) is 3.52. The Bertz CT molecular complexity index is 761. The van der Waals surface area contributed by atoms with E-state index in [1.807, 2.05) is 22.9 Å². The van der Waals surface area contributed by atoms with Crippen molar-refractivity contribution in [3.8, 4) is 0 Å². The molecular weight excluding hydrogens is 356 g/mol. The second kappa shape index (κ2) is 10.2. The van der Waals surface area contributed by atoms with E-state index < -0.39 is 0 Å². The molecule has 152 valence electrons. The van der Waals surface area contributed by atoms with Crippen LogP contribution in [0.3, 0.4) is 0 Å². The fourth-order valence-electron chi connectivity index (χ4n) is 3.52. The molecule has 0 bridgehead atoms. The molecule has 0 fully saturated rings. The molecule has 0 unspecified atom stereocenters. The molecule has 1 aromatic carbocycles. The van der Waals surface area contributed by atoms with E-state index >= 15 is 0 Å². The number of nitrogens with zero attached hydrogens (tertiary/aromatic N) is 3. The van der Waals surface area contributed by atoms with E-state index in [1.54, 1.807) is 7.11 Å². The third kappa shape index (κ3) is 4.91. The maximum absolute atomic E-state index is 12.7. The standard InChI is InChI=1S/C21H30N4O3/c1-3-24(17-8-5-4-6-9-17)12-7-11-22-21(26)20-18-16-28-14-10-19(18)25(23-20)13-15-27-2/h4-6,8-9H,3,7,10-16H2,1-2H3,(H,22,26). The highest BCUT2D eigenvalue weighted by molar-refractivity contribution is 5.94. The summed E-state index contributed by atoms with van der Waals surface area (Å²) in [7, 11) is 1.67. The number of anilines is 1. The van der Waals surface area contributed by atoms with Gasteiger partial charge in [-0.1, -0.05) is 18.2 Å². The summed E-state index contributed by atoms with van der Waals surface area (Å²) in [5.74, 6) is -0.124. The Kier molecular flexibility index (Phi) is 7.45. The molecule has 0 aliphatic carbocycles. The van der Waals surface area contributed by atoms with Gasteiger partial charge in [0.15, 0.2) is 5.69 Å². The van der Waals surface area contributed by atoms with E-state index in [9.17, 15) is 4.79 Å². The predicted molar refractivity (Wildman–Crippen MR) is 109 cm³/mol. The number of para-hydroxylation sites is 1. The van der Waals surface area contributed by atoms with Crippen LogP contribution in [0.2, 0.25) is 0 Å². The zero-order valence-corrected chi connectivity index (χ0v) is 16.8. The normalized spacial score (nSPS) is 13.2. The lowest BCUT2D eigenvalue weighted by molar-refractivity contribution is 0.0924. The molecule has 2 heterocycles. The Balaban J connectivity index is 1.55. The Morgan fingerprint density at radius 1 is 1.36 bits per heavy atom. The number of carbonyl (C=O) groups is 1. The Hall–Kier alpha value is -2.38. The molecule has 0 atom stereocenters. The van der Waals surface area contributed by atoms with Crippen LogP contribution in [-0.2, 0) is 29.0 Å². The van der Waals surface area contributed by atoms with Crippen molar-refractivity contribution in [3.05, 3.63) is 47.3 Å². The summed E-state index contributed by atoms with van der Waals surface area (Å²) in [6, 6.07) is 10.3. The van der Waals surface area contributed by atoms with Crippen molar-refractivity contribution in [1.29, 1.82) is 0 Å². The maximum Gasteiger partial charge on any atom is 0.272 e. The second-order valence-corrected chi connectivity index (χ2v) is 6.82. The van der Waals surface area contributed by atoms with Crippen molar-refractivity contribution in [2.75, 3.05) is 44.9 Å². The van der Waals surface area contributed by atoms with Crippen LogP contribution in [0.5, 0.6) is 0 Å². The summed E-state index contributed by atoms with van der Waals surface area (Å²) in [4.78, 5) is 15.0. The Labute approximate surface area is 166 Å². The first-order chi connectivity index (χ1) is 13.7. The van der Waals surface area contributed by atoms with E-state index in [1.165, 1.54) is 5.69 Å². The minimum Gasteiger partial charge on any atom is -0.383 e. The summed E-state index contributed by atoms with van der Waals surface area (Å²) in [6.07, 6.45) is 1.65. The van der Waals surface area contributed by atoms with Gasteiger partial charge >= 0.3 is 0 Å².